The van der Waals surface area contributed by atoms with Crippen LogP contribution < -0.4 is 10.3 Å². The fourth-order valence-electron chi connectivity index (χ4n) is 2.92. The van der Waals surface area contributed by atoms with Crippen LogP contribution in [-0.4, -0.2) is 35.6 Å². The molecule has 3 rings (SSSR count). The highest BCUT2D eigenvalue weighted by molar-refractivity contribution is 9.10. The Hall–Kier alpha value is -2.23. The van der Waals surface area contributed by atoms with Gasteiger partial charge in [-0.15, -0.1) is 0 Å². The van der Waals surface area contributed by atoms with Gasteiger partial charge in [0.05, 0.1) is 28.7 Å². The number of nitrogens with zero attached hydrogens (tertiary/aromatic N) is 3. The molecule has 1 aromatic heterocycles. The minimum absolute atomic E-state index is 0.00552. The molecule has 3 aromatic rings. The predicted octanol–water partition coefficient (Wildman–Crippen LogP) is 5.52. The largest absolute Gasteiger partial charge is 0.480 e. The molecule has 0 N–H and O–H groups in total. The molecule has 0 aliphatic heterocycles. The van der Waals surface area contributed by atoms with Crippen LogP contribution in [0, 0.1) is 0 Å². The van der Waals surface area contributed by atoms with Gasteiger partial charge in [0.1, 0.15) is 11.6 Å². The second-order valence-corrected chi connectivity index (χ2v) is 9.18. The molecule has 168 valence electrons. The summed E-state index contributed by atoms with van der Waals surface area (Å²) in [5, 5.41) is 5.31. The highest BCUT2D eigenvalue weighted by Gasteiger charge is 2.17. The van der Waals surface area contributed by atoms with Crippen LogP contribution in [0.3, 0.4) is 0 Å². The number of methoxy groups -OCH3 is 1. The highest BCUT2D eigenvalue weighted by Crippen LogP contribution is 2.32. The molecule has 7 nitrogen and oxygen atoms in total. The van der Waals surface area contributed by atoms with E-state index in [0.29, 0.717) is 37.5 Å². The Balaban J connectivity index is 2.15. The number of hydrogen-bond donors (Lipinski definition) is 0. The summed E-state index contributed by atoms with van der Waals surface area (Å²) < 4.78 is 12.8. The lowest BCUT2D eigenvalue weighted by atomic mass is 10.1. The quantitative estimate of drug-likeness (QED) is 0.269. The zero-order valence-corrected chi connectivity index (χ0v) is 21.5. The third kappa shape index (κ3) is 5.39. The van der Waals surface area contributed by atoms with Crippen molar-refractivity contribution in [2.45, 2.75) is 26.2 Å². The fraction of sp³-hybridized carbons (Fsp3) is 0.273. The van der Waals surface area contributed by atoms with E-state index in [1.807, 2.05) is 19.9 Å². The molecule has 0 aliphatic rings. The van der Waals surface area contributed by atoms with E-state index in [9.17, 15) is 9.59 Å². The van der Waals surface area contributed by atoms with E-state index in [0.717, 1.165) is 10.9 Å². The van der Waals surface area contributed by atoms with Gasteiger partial charge in [0.15, 0.2) is 6.61 Å². The van der Waals surface area contributed by atoms with Gasteiger partial charge in [-0.25, -0.2) is 9.78 Å². The molecule has 0 aliphatic carbocycles. The SMILES string of the molecule is CC[C@@H](C)c1nc2ccc(Br)cc2c(=O)n1N=Cc1cc(Cl)cc(Br)c1OCC(=O)OC. The summed E-state index contributed by atoms with van der Waals surface area (Å²) in [6, 6.07) is 8.63. The number of fused-ring (bicyclic) bond motifs is 1. The topological polar surface area (TPSA) is 82.8 Å². The van der Waals surface area contributed by atoms with Gasteiger partial charge in [0, 0.05) is 21.0 Å². The summed E-state index contributed by atoms with van der Waals surface area (Å²) in [6.45, 7) is 3.71. The van der Waals surface area contributed by atoms with Crippen molar-refractivity contribution in [3.05, 3.63) is 66.0 Å². The second kappa shape index (κ2) is 10.6. The van der Waals surface area contributed by atoms with Gasteiger partial charge < -0.3 is 9.47 Å². The lowest BCUT2D eigenvalue weighted by molar-refractivity contribution is -0.142. The first-order valence-corrected chi connectivity index (χ1v) is 11.7. The van der Waals surface area contributed by atoms with Gasteiger partial charge >= 0.3 is 5.97 Å². The normalized spacial score (nSPS) is 12.3. The summed E-state index contributed by atoms with van der Waals surface area (Å²) >= 11 is 13.0. The van der Waals surface area contributed by atoms with Crippen LogP contribution in [0.25, 0.3) is 10.9 Å². The number of hydrogen-bond acceptors (Lipinski definition) is 6. The molecule has 10 heteroatoms. The molecule has 0 spiro atoms. The number of halogens is 3. The van der Waals surface area contributed by atoms with Crippen LogP contribution in [-0.2, 0) is 9.53 Å². The maximum atomic E-state index is 13.3. The number of ether oxygens (including phenoxy) is 2. The number of benzene rings is 2. The van der Waals surface area contributed by atoms with Crippen LogP contribution in [0.2, 0.25) is 5.02 Å². The smallest absolute Gasteiger partial charge is 0.343 e. The van der Waals surface area contributed by atoms with Crippen molar-refractivity contribution < 1.29 is 14.3 Å². The van der Waals surface area contributed by atoms with Crippen molar-refractivity contribution in [2.75, 3.05) is 13.7 Å². The van der Waals surface area contributed by atoms with Gasteiger partial charge in [-0.2, -0.15) is 9.78 Å². The Morgan fingerprint density at radius 2 is 2.06 bits per heavy atom. The molecule has 0 bridgehead atoms. The summed E-state index contributed by atoms with van der Waals surface area (Å²) in [5.74, 6) is 0.350. The van der Waals surface area contributed by atoms with E-state index in [1.165, 1.54) is 18.0 Å². The Kier molecular flexibility index (Phi) is 8.08. The highest BCUT2D eigenvalue weighted by atomic mass is 79.9. The first-order chi connectivity index (χ1) is 15.2. The molecule has 0 amide bonds. The van der Waals surface area contributed by atoms with E-state index in [2.05, 4.69) is 46.7 Å². The van der Waals surface area contributed by atoms with Crippen molar-refractivity contribution in [3.63, 3.8) is 0 Å². The number of carbonyl (C=O) groups excluding carboxylic acids is 1. The number of esters is 1. The molecule has 0 saturated heterocycles. The van der Waals surface area contributed by atoms with E-state index in [-0.39, 0.29) is 18.1 Å². The molecule has 1 heterocycles. The predicted molar refractivity (Wildman–Crippen MR) is 132 cm³/mol. The van der Waals surface area contributed by atoms with Crippen molar-refractivity contribution >= 4 is 66.5 Å². The Morgan fingerprint density at radius 3 is 2.75 bits per heavy atom. The lowest BCUT2D eigenvalue weighted by Gasteiger charge is -2.14. The maximum Gasteiger partial charge on any atom is 0.343 e. The Labute approximate surface area is 206 Å². The average Bonchev–Trinajstić information content (AvgIpc) is 2.77. The van der Waals surface area contributed by atoms with E-state index < -0.39 is 5.97 Å². The van der Waals surface area contributed by atoms with Gasteiger partial charge in [-0.1, -0.05) is 41.4 Å². The Morgan fingerprint density at radius 1 is 1.31 bits per heavy atom. The van der Waals surface area contributed by atoms with Crippen LogP contribution in [0.5, 0.6) is 5.75 Å². The molecule has 1 atom stereocenters. The summed E-state index contributed by atoms with van der Waals surface area (Å²) in [5.41, 5.74) is 0.790. The first kappa shape index (κ1) is 24.4. The molecular weight excluding hydrogens is 566 g/mol. The third-order valence-electron chi connectivity index (χ3n) is 4.80. The minimum Gasteiger partial charge on any atom is -0.480 e. The van der Waals surface area contributed by atoms with E-state index in [1.54, 1.807) is 24.3 Å². The van der Waals surface area contributed by atoms with Crippen molar-refractivity contribution in [2.24, 2.45) is 5.10 Å². The average molecular weight is 586 g/mol. The third-order valence-corrected chi connectivity index (χ3v) is 6.10. The van der Waals surface area contributed by atoms with E-state index in [4.69, 9.17) is 16.3 Å². The summed E-state index contributed by atoms with van der Waals surface area (Å²) in [6.07, 6.45) is 2.24. The molecule has 32 heavy (non-hydrogen) atoms. The Bertz CT molecular complexity index is 1260. The van der Waals surface area contributed by atoms with Crippen LogP contribution in [0.15, 0.2) is 49.2 Å². The van der Waals surface area contributed by atoms with Crippen molar-refractivity contribution in [3.8, 4) is 5.75 Å². The maximum absolute atomic E-state index is 13.3. The zero-order chi connectivity index (χ0) is 23.4. The molecule has 0 radical (unpaired) electrons. The number of rotatable bonds is 7. The fourth-order valence-corrected chi connectivity index (χ4v) is 4.23. The second-order valence-electron chi connectivity index (χ2n) is 6.97. The van der Waals surface area contributed by atoms with Crippen molar-refractivity contribution in [1.29, 1.82) is 0 Å². The standard InChI is InChI=1S/C22H20Br2ClN3O4/c1-4-12(2)21-27-18-6-5-14(23)8-16(18)22(30)28(21)26-10-13-7-15(25)9-17(24)20(13)32-11-19(29)31-3/h5-10,12H,4,11H2,1-3H3/t12-/m1/s1. The van der Waals surface area contributed by atoms with Crippen LogP contribution in [0.1, 0.15) is 37.6 Å². The molecule has 0 saturated carbocycles. The molecular formula is C22H20Br2ClN3O4. The first-order valence-electron chi connectivity index (χ1n) is 9.70. The van der Waals surface area contributed by atoms with Crippen LogP contribution >= 0.6 is 43.5 Å². The monoisotopic (exact) mass is 583 g/mol. The minimum atomic E-state index is -0.533. The van der Waals surface area contributed by atoms with Crippen LogP contribution in [0.4, 0.5) is 0 Å². The molecule has 0 unspecified atom stereocenters. The van der Waals surface area contributed by atoms with Gasteiger partial charge in [-0.05, 0) is 52.7 Å². The van der Waals surface area contributed by atoms with Gasteiger partial charge in [-0.3, -0.25) is 4.79 Å². The lowest BCUT2D eigenvalue weighted by Crippen LogP contribution is -2.23. The number of carbonyl (C=O) groups is 1. The zero-order valence-electron chi connectivity index (χ0n) is 17.6. The van der Waals surface area contributed by atoms with E-state index >= 15 is 0 Å². The molecule has 0 fully saturated rings. The number of aromatic nitrogens is 2. The van der Waals surface area contributed by atoms with Crippen molar-refractivity contribution in [1.82, 2.24) is 9.66 Å². The van der Waals surface area contributed by atoms with Gasteiger partial charge in [0.2, 0.25) is 0 Å². The summed E-state index contributed by atoms with van der Waals surface area (Å²) in [4.78, 5) is 29.5. The summed E-state index contributed by atoms with van der Waals surface area (Å²) in [7, 11) is 1.28. The van der Waals surface area contributed by atoms with Gasteiger partial charge in [0.25, 0.3) is 5.56 Å². The molecule has 2 aromatic carbocycles.